The fraction of sp³-hybridized carbons (Fsp3) is 0.953. The second-order valence-corrected chi connectivity index (χ2v) is 32.3. The Morgan fingerprint density at radius 2 is 0.537 bits per heavy atom. The van der Waals surface area contributed by atoms with Gasteiger partial charge in [-0.15, -0.1) is 0 Å². The van der Waals surface area contributed by atoms with E-state index >= 15 is 0 Å². The van der Waals surface area contributed by atoms with Gasteiger partial charge in [-0.05, 0) is 38.5 Å². The van der Waals surface area contributed by atoms with E-state index in [2.05, 4.69) is 26.0 Å². The molecule has 95 heavy (non-hydrogen) atoms. The van der Waals surface area contributed by atoms with Gasteiger partial charge in [0.1, 0.15) is 19.8 Å². The standard InChI is InChI=1S/C85H168NO8P/c1-6-8-10-12-14-16-18-20-22-24-26-28-30-32-34-36-38-39-40-41-42-43-44-45-46-48-49-51-53-55-57-59-61-63-65-67-69-71-73-75-77-84(87)91-81-83(82-93-95(89,90)92-80-79-86(3,4)5)94-85(88)78-76-74-72-70-68-66-64-62-60-58-56-54-52-50-47-37-35-33-31-29-27-25-23-21-19-17-15-13-11-9-7-2/h25,27,83H,6-24,26,28-82H2,1-5H3/b27-25-. The summed E-state index contributed by atoms with van der Waals surface area (Å²) in [6.45, 7) is 4.34. The number of nitrogens with zero attached hydrogens (tertiary/aromatic N) is 1. The predicted octanol–water partition coefficient (Wildman–Crippen LogP) is 27.9. The van der Waals surface area contributed by atoms with Gasteiger partial charge in [-0.3, -0.25) is 14.2 Å². The fourth-order valence-corrected chi connectivity index (χ4v) is 14.2. The molecule has 0 saturated heterocycles. The molecule has 0 saturated carbocycles. The summed E-state index contributed by atoms with van der Waals surface area (Å²) in [5.41, 5.74) is 0. The zero-order valence-corrected chi connectivity index (χ0v) is 65.8. The largest absolute Gasteiger partial charge is 0.756 e. The normalized spacial score (nSPS) is 12.9. The fourth-order valence-electron chi connectivity index (χ4n) is 13.5. The molecule has 0 amide bonds. The molecule has 0 bridgehead atoms. The molecule has 10 heteroatoms. The quantitative estimate of drug-likeness (QED) is 0.0195. The van der Waals surface area contributed by atoms with Gasteiger partial charge in [0.15, 0.2) is 6.10 Å². The van der Waals surface area contributed by atoms with E-state index in [1.807, 2.05) is 21.1 Å². The van der Waals surface area contributed by atoms with Gasteiger partial charge >= 0.3 is 11.9 Å². The zero-order chi connectivity index (χ0) is 69.0. The van der Waals surface area contributed by atoms with E-state index in [0.29, 0.717) is 17.4 Å². The Bertz CT molecular complexity index is 1600. The number of carbonyl (C=O) groups is 2. The van der Waals surface area contributed by atoms with Gasteiger partial charge < -0.3 is 27.9 Å². The third-order valence-corrected chi connectivity index (χ3v) is 21.0. The van der Waals surface area contributed by atoms with Crippen molar-refractivity contribution < 1.29 is 42.1 Å². The Morgan fingerprint density at radius 3 is 0.779 bits per heavy atom. The maximum Gasteiger partial charge on any atom is 0.306 e. The Labute approximate surface area is 594 Å². The number of esters is 2. The molecule has 0 N–H and O–H groups in total. The topological polar surface area (TPSA) is 111 Å². The molecule has 0 aliphatic carbocycles. The molecule has 2 atom stereocenters. The van der Waals surface area contributed by atoms with Gasteiger partial charge in [-0.25, -0.2) is 0 Å². The Kier molecular flexibility index (Phi) is 75.9. The highest BCUT2D eigenvalue weighted by Gasteiger charge is 2.22. The minimum atomic E-state index is -4.64. The van der Waals surface area contributed by atoms with Crippen LogP contribution in [0.2, 0.25) is 0 Å². The number of hydrogen-bond donors (Lipinski definition) is 0. The van der Waals surface area contributed by atoms with Crippen molar-refractivity contribution in [2.45, 2.75) is 476 Å². The molecular weight excluding hydrogens is 1190 g/mol. The van der Waals surface area contributed by atoms with Gasteiger partial charge in [0.2, 0.25) is 0 Å². The first kappa shape index (κ1) is 93.8. The Balaban J connectivity index is 3.84. The summed E-state index contributed by atoms with van der Waals surface area (Å²) in [4.78, 5) is 38.2. The van der Waals surface area contributed by atoms with Gasteiger partial charge in [-0.1, -0.05) is 431 Å². The molecule has 0 aromatic heterocycles. The van der Waals surface area contributed by atoms with Crippen LogP contribution in [0.15, 0.2) is 12.2 Å². The number of phosphoric acid groups is 1. The highest BCUT2D eigenvalue weighted by Crippen LogP contribution is 2.38. The van der Waals surface area contributed by atoms with E-state index in [1.165, 1.54) is 405 Å². The maximum atomic E-state index is 12.9. The second kappa shape index (κ2) is 76.9. The van der Waals surface area contributed by atoms with Crippen molar-refractivity contribution in [3.05, 3.63) is 12.2 Å². The number of hydrogen-bond acceptors (Lipinski definition) is 8. The smallest absolute Gasteiger partial charge is 0.306 e. The van der Waals surface area contributed by atoms with Crippen molar-refractivity contribution in [1.29, 1.82) is 0 Å². The first-order chi connectivity index (χ1) is 46.5. The molecule has 0 aliphatic heterocycles. The number of phosphoric ester groups is 1. The summed E-state index contributed by atoms with van der Waals surface area (Å²) >= 11 is 0. The molecule has 0 rings (SSSR count). The SMILES string of the molecule is CCCCCCCCCC/C=C\CCCCCCCCCCCCCCCCCCCCCC(=O)OC(COC(=O)CCCCCCCCCCCCCCCCCCCCCCCCCCCCCCCCCCCCCCCCCC)COP(=O)([O-])OCC[N+](C)(C)C. The number of allylic oxidation sites excluding steroid dienone is 2. The van der Waals surface area contributed by atoms with E-state index in [4.69, 9.17) is 18.5 Å². The van der Waals surface area contributed by atoms with Crippen LogP contribution in [-0.4, -0.2) is 70.0 Å². The minimum absolute atomic E-state index is 0.0257. The summed E-state index contributed by atoms with van der Waals surface area (Å²) < 4.78 is 34.5. The predicted molar refractivity (Wildman–Crippen MR) is 412 cm³/mol. The van der Waals surface area contributed by atoms with Crippen LogP contribution in [0.25, 0.3) is 0 Å². The highest BCUT2D eigenvalue weighted by atomic mass is 31.2. The third kappa shape index (κ3) is 81.6. The van der Waals surface area contributed by atoms with Crippen molar-refractivity contribution in [2.24, 2.45) is 0 Å². The molecule has 0 aromatic carbocycles. The number of carbonyl (C=O) groups excluding carboxylic acids is 2. The molecule has 9 nitrogen and oxygen atoms in total. The van der Waals surface area contributed by atoms with Gasteiger partial charge in [-0.2, -0.15) is 0 Å². The van der Waals surface area contributed by atoms with E-state index in [0.717, 1.165) is 32.1 Å². The van der Waals surface area contributed by atoms with Crippen molar-refractivity contribution in [1.82, 2.24) is 0 Å². The van der Waals surface area contributed by atoms with E-state index < -0.39 is 26.5 Å². The van der Waals surface area contributed by atoms with E-state index in [9.17, 15) is 19.0 Å². The summed E-state index contributed by atoms with van der Waals surface area (Å²) in [5.74, 6) is -0.802. The van der Waals surface area contributed by atoms with Gasteiger partial charge in [0.25, 0.3) is 7.82 Å². The van der Waals surface area contributed by atoms with Crippen molar-refractivity contribution >= 4 is 19.8 Å². The molecule has 2 unspecified atom stereocenters. The summed E-state index contributed by atoms with van der Waals surface area (Å²) in [7, 11) is 1.20. The first-order valence-electron chi connectivity index (χ1n) is 42.9. The average molecular weight is 1360 g/mol. The van der Waals surface area contributed by atoms with Crippen LogP contribution in [0.3, 0.4) is 0 Å². The molecule has 0 fully saturated rings. The van der Waals surface area contributed by atoms with Crippen molar-refractivity contribution in [2.75, 3.05) is 47.5 Å². The molecule has 0 radical (unpaired) electrons. The summed E-state index contributed by atoms with van der Waals surface area (Å²) in [6.07, 6.45) is 98.1. The number of likely N-dealkylation sites (N-methyl/N-ethyl adjacent to an activating group) is 1. The number of unbranched alkanes of at least 4 members (excludes halogenated alkanes) is 66. The first-order valence-corrected chi connectivity index (χ1v) is 44.4. The monoisotopic (exact) mass is 1360 g/mol. The number of ether oxygens (including phenoxy) is 2. The molecule has 0 heterocycles. The maximum absolute atomic E-state index is 12.9. The van der Waals surface area contributed by atoms with Crippen LogP contribution in [0.4, 0.5) is 0 Å². The molecule has 0 aromatic rings. The van der Waals surface area contributed by atoms with E-state index in [-0.39, 0.29) is 32.0 Å². The third-order valence-electron chi connectivity index (χ3n) is 20.0. The Hall–Kier alpha value is -1.25. The van der Waals surface area contributed by atoms with Crippen molar-refractivity contribution in [3.8, 4) is 0 Å². The van der Waals surface area contributed by atoms with Crippen LogP contribution < -0.4 is 4.89 Å². The zero-order valence-electron chi connectivity index (χ0n) is 64.9. The van der Waals surface area contributed by atoms with Crippen LogP contribution in [-0.2, 0) is 32.7 Å². The Morgan fingerprint density at radius 1 is 0.316 bits per heavy atom. The van der Waals surface area contributed by atoms with Gasteiger partial charge in [0.05, 0.1) is 27.7 Å². The molecular formula is C85H168NO8P. The van der Waals surface area contributed by atoms with Crippen LogP contribution in [0.5, 0.6) is 0 Å². The highest BCUT2D eigenvalue weighted by molar-refractivity contribution is 7.45. The lowest BCUT2D eigenvalue weighted by Gasteiger charge is -2.28. The van der Waals surface area contributed by atoms with E-state index in [1.54, 1.807) is 0 Å². The number of rotatable bonds is 82. The summed E-state index contributed by atoms with van der Waals surface area (Å²) in [6, 6.07) is 0. The lowest BCUT2D eigenvalue weighted by molar-refractivity contribution is -0.870. The summed E-state index contributed by atoms with van der Waals surface area (Å²) in [5, 5.41) is 0. The lowest BCUT2D eigenvalue weighted by Crippen LogP contribution is -2.37. The molecule has 566 valence electrons. The number of quaternary nitrogens is 1. The van der Waals surface area contributed by atoms with Crippen molar-refractivity contribution in [3.63, 3.8) is 0 Å². The van der Waals surface area contributed by atoms with Gasteiger partial charge in [0, 0.05) is 12.8 Å². The average Bonchev–Trinajstić information content (AvgIpc) is 2.29. The minimum Gasteiger partial charge on any atom is -0.756 e. The van der Waals surface area contributed by atoms with Crippen LogP contribution in [0, 0.1) is 0 Å². The second-order valence-electron chi connectivity index (χ2n) is 30.9. The lowest BCUT2D eigenvalue weighted by atomic mass is 10.0. The van der Waals surface area contributed by atoms with Crippen LogP contribution >= 0.6 is 7.82 Å². The molecule has 0 aliphatic rings. The van der Waals surface area contributed by atoms with Crippen LogP contribution in [0.1, 0.15) is 470 Å². The molecule has 0 spiro atoms.